The van der Waals surface area contributed by atoms with Crippen LogP contribution in [0.4, 0.5) is 0 Å². The second kappa shape index (κ2) is 7.16. The Balaban J connectivity index is 2.00. The van der Waals surface area contributed by atoms with Crippen molar-refractivity contribution < 1.29 is 8.85 Å². The molecule has 3 rings (SSSR count). The van der Waals surface area contributed by atoms with Gasteiger partial charge in [0.2, 0.25) is 0 Å². The van der Waals surface area contributed by atoms with Crippen LogP contribution in [0.25, 0.3) is 0 Å². The maximum absolute atomic E-state index is 6.46. The summed E-state index contributed by atoms with van der Waals surface area (Å²) in [6.07, 6.45) is 0. The molecule has 0 aliphatic rings. The zero-order chi connectivity index (χ0) is 16.0. The highest BCUT2D eigenvalue weighted by Crippen LogP contribution is 2.23. The molecule has 0 fully saturated rings. The van der Waals surface area contributed by atoms with E-state index in [0.717, 1.165) is 22.7 Å². The van der Waals surface area contributed by atoms with E-state index >= 15 is 0 Å². The maximum atomic E-state index is 6.46. The van der Waals surface area contributed by atoms with Crippen molar-refractivity contribution in [3.63, 3.8) is 0 Å². The van der Waals surface area contributed by atoms with Gasteiger partial charge in [0.1, 0.15) is 11.5 Å². The summed E-state index contributed by atoms with van der Waals surface area (Å²) in [6, 6.07) is 30.9. The van der Waals surface area contributed by atoms with E-state index in [9.17, 15) is 0 Å². The molecule has 0 saturated heterocycles. The fourth-order valence-electron chi connectivity index (χ4n) is 2.54. The van der Waals surface area contributed by atoms with Crippen LogP contribution in [-0.2, 0) is 0 Å². The predicted molar refractivity (Wildman–Crippen MR) is 96.5 cm³/mol. The Morgan fingerprint density at radius 1 is 0.609 bits per heavy atom. The molecule has 116 valence electrons. The molecule has 0 bridgehead atoms. The summed E-state index contributed by atoms with van der Waals surface area (Å²) >= 11 is 0. The van der Waals surface area contributed by atoms with E-state index in [-0.39, 0.29) is 0 Å². The van der Waals surface area contributed by atoms with E-state index < -0.39 is 8.56 Å². The van der Waals surface area contributed by atoms with Crippen LogP contribution in [0.5, 0.6) is 11.5 Å². The van der Waals surface area contributed by atoms with Gasteiger partial charge in [-0.15, -0.1) is 0 Å². The van der Waals surface area contributed by atoms with E-state index in [2.05, 4.69) is 19.1 Å². The lowest BCUT2D eigenvalue weighted by Crippen LogP contribution is -2.58. The third-order valence-electron chi connectivity index (χ3n) is 3.73. The van der Waals surface area contributed by atoms with Crippen molar-refractivity contribution in [1.82, 2.24) is 0 Å². The Kier molecular flexibility index (Phi) is 4.79. The van der Waals surface area contributed by atoms with Crippen LogP contribution in [0, 0.1) is 0 Å². The van der Waals surface area contributed by atoms with Gasteiger partial charge in [-0.3, -0.25) is 0 Å². The molecule has 0 heterocycles. The molecule has 0 unspecified atom stereocenters. The van der Waals surface area contributed by atoms with E-state index in [1.165, 1.54) is 0 Å². The van der Waals surface area contributed by atoms with Gasteiger partial charge < -0.3 is 8.85 Å². The van der Waals surface area contributed by atoms with E-state index in [1.54, 1.807) is 0 Å². The standard InChI is InChI=1S/C20H20O2Si/c1-2-23(20-16-10-5-11-17-20,21-18-12-6-3-7-13-18)22-19-14-8-4-9-15-19/h3-17H,2H2,1H3. The minimum absolute atomic E-state index is 0.820. The number of para-hydroxylation sites is 2. The van der Waals surface area contributed by atoms with Gasteiger partial charge in [0, 0.05) is 11.2 Å². The fraction of sp³-hybridized carbons (Fsp3) is 0.100. The van der Waals surface area contributed by atoms with Gasteiger partial charge in [0.05, 0.1) is 0 Å². The van der Waals surface area contributed by atoms with Gasteiger partial charge in [-0.1, -0.05) is 73.7 Å². The summed E-state index contributed by atoms with van der Waals surface area (Å²) in [6.45, 7) is 2.13. The minimum Gasteiger partial charge on any atom is -0.509 e. The van der Waals surface area contributed by atoms with Crippen LogP contribution in [0.15, 0.2) is 91.0 Å². The first-order valence-corrected chi connectivity index (χ1v) is 9.88. The van der Waals surface area contributed by atoms with Gasteiger partial charge in [0.25, 0.3) is 0 Å². The highest BCUT2D eigenvalue weighted by Gasteiger charge is 2.43. The van der Waals surface area contributed by atoms with Gasteiger partial charge in [0.15, 0.2) is 0 Å². The van der Waals surface area contributed by atoms with Crippen LogP contribution in [0.3, 0.4) is 0 Å². The van der Waals surface area contributed by atoms with Crippen LogP contribution < -0.4 is 14.0 Å². The normalized spacial score (nSPS) is 11.0. The Hall–Kier alpha value is -2.52. The second-order valence-corrected chi connectivity index (χ2v) is 8.50. The van der Waals surface area contributed by atoms with Gasteiger partial charge in [-0.2, -0.15) is 0 Å². The zero-order valence-corrected chi connectivity index (χ0v) is 14.2. The number of benzene rings is 3. The molecule has 0 aliphatic carbocycles. The van der Waals surface area contributed by atoms with Crippen molar-refractivity contribution >= 4 is 13.7 Å². The average Bonchev–Trinajstić information content (AvgIpc) is 2.63. The van der Waals surface area contributed by atoms with Crippen LogP contribution in [0.2, 0.25) is 6.04 Å². The molecule has 3 aromatic rings. The van der Waals surface area contributed by atoms with Crippen molar-refractivity contribution in [3.8, 4) is 11.5 Å². The SMILES string of the molecule is CC[Si](Oc1ccccc1)(Oc1ccccc1)c1ccccc1. The topological polar surface area (TPSA) is 18.5 Å². The molecule has 23 heavy (non-hydrogen) atoms. The highest BCUT2D eigenvalue weighted by atomic mass is 28.4. The summed E-state index contributed by atoms with van der Waals surface area (Å²) < 4.78 is 12.9. The Morgan fingerprint density at radius 3 is 1.39 bits per heavy atom. The van der Waals surface area contributed by atoms with Crippen molar-refractivity contribution in [2.45, 2.75) is 13.0 Å². The number of hydrogen-bond donors (Lipinski definition) is 0. The summed E-state index contributed by atoms with van der Waals surface area (Å²) in [7, 11) is -2.63. The van der Waals surface area contributed by atoms with Crippen molar-refractivity contribution in [1.29, 1.82) is 0 Å². The molecule has 0 saturated carbocycles. The first-order valence-electron chi connectivity index (χ1n) is 7.86. The van der Waals surface area contributed by atoms with Crippen LogP contribution in [0.1, 0.15) is 6.92 Å². The smallest absolute Gasteiger partial charge is 0.495 e. The first kappa shape index (κ1) is 15.4. The van der Waals surface area contributed by atoms with E-state index in [0.29, 0.717) is 0 Å². The molecule has 0 spiro atoms. The summed E-state index contributed by atoms with van der Waals surface area (Å²) in [4.78, 5) is 0. The molecule has 0 atom stereocenters. The first-order chi connectivity index (χ1) is 11.3. The molecule has 3 aromatic carbocycles. The van der Waals surface area contributed by atoms with E-state index in [4.69, 9.17) is 8.85 Å². The third-order valence-corrected chi connectivity index (χ3v) is 7.01. The Labute approximate surface area is 138 Å². The monoisotopic (exact) mass is 320 g/mol. The van der Waals surface area contributed by atoms with Crippen LogP contribution in [-0.4, -0.2) is 8.56 Å². The van der Waals surface area contributed by atoms with Gasteiger partial charge in [-0.05, 0) is 24.3 Å². The predicted octanol–water partition coefficient (Wildman–Crippen LogP) is 4.51. The van der Waals surface area contributed by atoms with Gasteiger partial charge in [-0.25, -0.2) is 0 Å². The molecule has 2 nitrogen and oxygen atoms in total. The zero-order valence-electron chi connectivity index (χ0n) is 13.2. The summed E-state index contributed by atoms with van der Waals surface area (Å²) in [5.74, 6) is 1.70. The lowest BCUT2D eigenvalue weighted by Gasteiger charge is -2.31. The molecule has 0 amide bonds. The molecular weight excluding hydrogens is 300 g/mol. The quantitative estimate of drug-likeness (QED) is 0.622. The number of rotatable bonds is 6. The average molecular weight is 320 g/mol. The highest BCUT2D eigenvalue weighted by molar-refractivity contribution is 6.82. The van der Waals surface area contributed by atoms with Crippen molar-refractivity contribution in [2.24, 2.45) is 0 Å². The largest absolute Gasteiger partial charge is 0.509 e. The van der Waals surface area contributed by atoms with Gasteiger partial charge >= 0.3 is 8.56 Å². The molecule has 0 aromatic heterocycles. The fourth-order valence-corrected chi connectivity index (χ4v) is 5.25. The molecular formula is C20H20O2Si. The summed E-state index contributed by atoms with van der Waals surface area (Å²) in [5.41, 5.74) is 0. The van der Waals surface area contributed by atoms with E-state index in [1.807, 2.05) is 78.9 Å². The Bertz CT molecular complexity index is 673. The molecule has 0 N–H and O–H groups in total. The minimum atomic E-state index is -2.63. The maximum Gasteiger partial charge on any atom is 0.495 e. The van der Waals surface area contributed by atoms with Crippen molar-refractivity contribution in [2.75, 3.05) is 0 Å². The van der Waals surface area contributed by atoms with Crippen molar-refractivity contribution in [3.05, 3.63) is 91.0 Å². The molecule has 0 radical (unpaired) electrons. The molecule has 0 aliphatic heterocycles. The Morgan fingerprint density at radius 2 is 1.00 bits per heavy atom. The van der Waals surface area contributed by atoms with Crippen LogP contribution >= 0.6 is 0 Å². The second-order valence-electron chi connectivity index (χ2n) is 5.30. The summed E-state index contributed by atoms with van der Waals surface area (Å²) in [5, 5.41) is 1.13. The number of hydrogen-bond acceptors (Lipinski definition) is 2. The lowest BCUT2D eigenvalue weighted by molar-refractivity contribution is 0.400. The molecule has 3 heteroatoms. The third kappa shape index (κ3) is 3.63. The lowest BCUT2D eigenvalue weighted by atomic mass is 10.3.